The first-order valence-corrected chi connectivity index (χ1v) is 10.5. The Labute approximate surface area is 203 Å². The molecule has 0 aliphatic rings. The number of hydrogen-bond donors (Lipinski definition) is 4. The summed E-state index contributed by atoms with van der Waals surface area (Å²) in [6, 6.07) is 12.2. The minimum absolute atomic E-state index is 0.0675. The molecule has 3 rings (SSSR count). The van der Waals surface area contributed by atoms with Crippen molar-refractivity contribution in [2.45, 2.75) is 18.9 Å². The van der Waals surface area contributed by atoms with Crippen LogP contribution in [0, 0.1) is 0 Å². The fourth-order valence-corrected chi connectivity index (χ4v) is 3.20. The number of carbonyl (C=O) groups is 2. The summed E-state index contributed by atoms with van der Waals surface area (Å²) in [4.78, 5) is 28.0. The molecule has 0 aliphatic heterocycles. The van der Waals surface area contributed by atoms with Crippen LogP contribution in [0.15, 0.2) is 60.8 Å². The molecule has 1 amide bonds. The second-order valence-corrected chi connectivity index (χ2v) is 7.44. The van der Waals surface area contributed by atoms with E-state index in [-0.39, 0.29) is 23.6 Å². The Balaban J connectivity index is 1.72. The number of benzene rings is 2. The number of halogens is 3. The third kappa shape index (κ3) is 7.09. The van der Waals surface area contributed by atoms with Crippen LogP contribution in [0.3, 0.4) is 0 Å². The van der Waals surface area contributed by atoms with Gasteiger partial charge in [-0.25, -0.2) is 9.78 Å². The Bertz CT molecular complexity index is 1220. The van der Waals surface area contributed by atoms with E-state index in [1.165, 1.54) is 37.6 Å². The van der Waals surface area contributed by atoms with E-state index in [1.54, 1.807) is 30.3 Å². The monoisotopic (exact) mass is 505 g/mol. The summed E-state index contributed by atoms with van der Waals surface area (Å²) < 4.78 is 46.3. The highest BCUT2D eigenvalue weighted by atomic mass is 19.4. The fraction of sp³-hybridized carbons (Fsp3) is 0.208. The number of methoxy groups -OCH3 is 1. The summed E-state index contributed by atoms with van der Waals surface area (Å²) in [5, 5.41) is 23.5. The van der Waals surface area contributed by atoms with E-state index in [2.05, 4.69) is 20.4 Å². The van der Waals surface area contributed by atoms with Gasteiger partial charge in [0, 0.05) is 18.3 Å². The van der Waals surface area contributed by atoms with Gasteiger partial charge in [0.15, 0.2) is 6.04 Å². The maximum absolute atomic E-state index is 12.6. The van der Waals surface area contributed by atoms with Gasteiger partial charge in [-0.15, -0.1) is 13.2 Å². The number of carbonyl (C=O) groups excluding carboxylic acids is 1. The number of aromatic nitrogens is 1. The predicted molar refractivity (Wildman–Crippen MR) is 123 cm³/mol. The standard InChI is InChI=1S/C24H22F3N3O6/c1-35-20-7-5-15(10-18(20)22(32)30-19(13-31)23(33)34)16-6-8-21(29-12-16)28-11-14-3-2-4-17(9-14)36-24(25,26)27/h2-10,12,19,31H,11,13H2,1H3,(H,28,29)(H,30,32)(H,33,34)/t19-/m0/s1. The number of pyridine rings is 1. The highest BCUT2D eigenvalue weighted by Crippen LogP contribution is 2.27. The lowest BCUT2D eigenvalue weighted by Crippen LogP contribution is -2.43. The van der Waals surface area contributed by atoms with E-state index in [0.29, 0.717) is 22.5 Å². The number of aliphatic hydroxyl groups is 1. The lowest BCUT2D eigenvalue weighted by Gasteiger charge is -2.15. The number of rotatable bonds is 10. The summed E-state index contributed by atoms with van der Waals surface area (Å²) in [5.74, 6) is -1.77. The lowest BCUT2D eigenvalue weighted by atomic mass is 10.0. The van der Waals surface area contributed by atoms with Crippen LogP contribution < -0.4 is 20.1 Å². The van der Waals surface area contributed by atoms with Crippen LogP contribution in [0.4, 0.5) is 19.0 Å². The average molecular weight is 505 g/mol. The summed E-state index contributed by atoms with van der Waals surface area (Å²) in [6.45, 7) is -0.578. The number of nitrogens with one attached hydrogen (secondary N) is 2. The first-order valence-electron chi connectivity index (χ1n) is 10.5. The zero-order valence-corrected chi connectivity index (χ0v) is 18.9. The molecule has 4 N–H and O–H groups in total. The molecule has 1 heterocycles. The number of anilines is 1. The van der Waals surface area contributed by atoms with Gasteiger partial charge in [-0.2, -0.15) is 0 Å². The van der Waals surface area contributed by atoms with Crippen molar-refractivity contribution in [3.05, 3.63) is 71.9 Å². The molecule has 0 unspecified atom stereocenters. The maximum Gasteiger partial charge on any atom is 0.573 e. The number of aliphatic carboxylic acids is 1. The number of carboxylic acid groups (broad SMARTS) is 1. The molecule has 36 heavy (non-hydrogen) atoms. The van der Waals surface area contributed by atoms with Crippen LogP contribution in [-0.4, -0.2) is 53.2 Å². The van der Waals surface area contributed by atoms with E-state index in [4.69, 9.17) is 14.9 Å². The summed E-state index contributed by atoms with van der Waals surface area (Å²) in [7, 11) is 1.36. The van der Waals surface area contributed by atoms with Crippen molar-refractivity contribution in [3.63, 3.8) is 0 Å². The van der Waals surface area contributed by atoms with E-state index >= 15 is 0 Å². The quantitative estimate of drug-likeness (QED) is 0.330. The normalized spacial score (nSPS) is 11.9. The first kappa shape index (κ1) is 26.3. The van der Waals surface area contributed by atoms with Gasteiger partial charge in [0.25, 0.3) is 5.91 Å². The molecule has 0 aliphatic carbocycles. The third-order valence-corrected chi connectivity index (χ3v) is 4.93. The van der Waals surface area contributed by atoms with Crippen molar-refractivity contribution >= 4 is 17.7 Å². The molecule has 3 aromatic rings. The molecular weight excluding hydrogens is 483 g/mol. The second kappa shape index (κ2) is 11.4. The lowest BCUT2D eigenvalue weighted by molar-refractivity contribution is -0.274. The highest BCUT2D eigenvalue weighted by Gasteiger charge is 2.31. The van der Waals surface area contributed by atoms with Gasteiger partial charge in [-0.3, -0.25) is 4.79 Å². The Morgan fingerprint density at radius 2 is 1.83 bits per heavy atom. The molecule has 9 nitrogen and oxygen atoms in total. The van der Waals surface area contributed by atoms with Crippen molar-refractivity contribution in [3.8, 4) is 22.6 Å². The molecule has 0 spiro atoms. The summed E-state index contributed by atoms with van der Waals surface area (Å²) in [6.07, 6.45) is -3.25. The smallest absolute Gasteiger partial charge is 0.496 e. The Morgan fingerprint density at radius 3 is 2.44 bits per heavy atom. The van der Waals surface area contributed by atoms with E-state index in [1.807, 2.05) is 0 Å². The molecule has 0 fully saturated rings. The molecule has 0 bridgehead atoms. The van der Waals surface area contributed by atoms with Crippen LogP contribution in [0.1, 0.15) is 15.9 Å². The van der Waals surface area contributed by atoms with Gasteiger partial charge in [0.1, 0.15) is 17.3 Å². The molecule has 1 aromatic heterocycles. The minimum Gasteiger partial charge on any atom is -0.496 e. The van der Waals surface area contributed by atoms with Crippen LogP contribution >= 0.6 is 0 Å². The zero-order chi connectivity index (χ0) is 26.3. The highest BCUT2D eigenvalue weighted by molar-refractivity contribution is 6.00. The maximum atomic E-state index is 12.6. The number of nitrogens with zero attached hydrogens (tertiary/aromatic N) is 1. The second-order valence-electron chi connectivity index (χ2n) is 7.44. The van der Waals surface area contributed by atoms with Gasteiger partial charge in [0.05, 0.1) is 19.3 Å². The number of aliphatic hydroxyl groups excluding tert-OH is 1. The van der Waals surface area contributed by atoms with Crippen LogP contribution in [0.5, 0.6) is 11.5 Å². The summed E-state index contributed by atoms with van der Waals surface area (Å²) >= 11 is 0. The number of alkyl halides is 3. The van der Waals surface area contributed by atoms with Crippen molar-refractivity contribution in [1.29, 1.82) is 0 Å². The van der Waals surface area contributed by atoms with Gasteiger partial charge in [0.2, 0.25) is 0 Å². The SMILES string of the molecule is COc1ccc(-c2ccc(NCc3cccc(OC(F)(F)F)c3)nc2)cc1C(=O)N[C@@H](CO)C(=O)O. The van der Waals surface area contributed by atoms with Crippen LogP contribution in [0.25, 0.3) is 11.1 Å². The molecule has 190 valence electrons. The number of amides is 1. The van der Waals surface area contributed by atoms with Gasteiger partial charge >= 0.3 is 12.3 Å². The predicted octanol–water partition coefficient (Wildman–Crippen LogP) is 3.44. The van der Waals surface area contributed by atoms with Crippen molar-refractivity contribution in [2.24, 2.45) is 0 Å². The first-order chi connectivity index (χ1) is 17.1. The Hall–Kier alpha value is -4.32. The molecule has 2 aromatic carbocycles. The number of ether oxygens (including phenoxy) is 2. The number of hydrogen-bond acceptors (Lipinski definition) is 7. The zero-order valence-electron chi connectivity index (χ0n) is 18.9. The molecular formula is C24H22F3N3O6. The fourth-order valence-electron chi connectivity index (χ4n) is 3.20. The minimum atomic E-state index is -4.78. The van der Waals surface area contributed by atoms with Crippen LogP contribution in [-0.2, 0) is 11.3 Å². The van der Waals surface area contributed by atoms with Crippen LogP contribution in [0.2, 0.25) is 0 Å². The Kier molecular flexibility index (Phi) is 8.33. The van der Waals surface area contributed by atoms with Gasteiger partial charge in [-0.1, -0.05) is 18.2 Å². The average Bonchev–Trinajstić information content (AvgIpc) is 2.84. The largest absolute Gasteiger partial charge is 0.573 e. The van der Waals surface area contributed by atoms with E-state index in [0.717, 1.165) is 0 Å². The van der Waals surface area contributed by atoms with Gasteiger partial charge in [-0.05, 0) is 47.5 Å². The Morgan fingerprint density at radius 1 is 1.08 bits per heavy atom. The third-order valence-electron chi connectivity index (χ3n) is 4.93. The molecule has 0 saturated heterocycles. The topological polar surface area (TPSA) is 130 Å². The van der Waals surface area contributed by atoms with Gasteiger partial charge < -0.3 is 30.3 Å². The van der Waals surface area contributed by atoms with Crippen molar-refractivity contribution in [2.75, 3.05) is 19.0 Å². The van der Waals surface area contributed by atoms with E-state index < -0.39 is 30.9 Å². The molecule has 0 radical (unpaired) electrons. The molecule has 12 heteroatoms. The van der Waals surface area contributed by atoms with Crippen molar-refractivity contribution in [1.82, 2.24) is 10.3 Å². The summed E-state index contributed by atoms with van der Waals surface area (Å²) in [5.41, 5.74) is 1.84. The number of carboxylic acids is 1. The molecule has 0 saturated carbocycles. The van der Waals surface area contributed by atoms with E-state index in [9.17, 15) is 22.8 Å². The van der Waals surface area contributed by atoms with Crippen molar-refractivity contribution < 1.29 is 42.4 Å². The molecule has 1 atom stereocenters.